The molecule has 0 aromatic heterocycles. The molecule has 0 aromatic rings. The van der Waals surface area contributed by atoms with Gasteiger partial charge >= 0.3 is 67.3 Å². The van der Waals surface area contributed by atoms with Crippen molar-refractivity contribution in [2.75, 3.05) is 0 Å². The van der Waals surface area contributed by atoms with Crippen LogP contribution < -0.4 is 114 Å². The molecule has 0 aliphatic heterocycles. The maximum atomic E-state index is 0. The summed E-state index contributed by atoms with van der Waals surface area (Å²) in [6, 6.07) is 0. The van der Waals surface area contributed by atoms with Gasteiger partial charge in [0.05, 0.1) is 0 Å². The molecule has 6 heteroatoms. The van der Waals surface area contributed by atoms with Crippen molar-refractivity contribution in [2.24, 2.45) is 0 Å². The Balaban J connectivity index is 0. The van der Waals surface area contributed by atoms with Crippen LogP contribution in [0.25, 0.3) is 0 Å². The molecule has 0 amide bonds. The molecule has 0 N–H and O–H groups in total. The molecule has 0 fully saturated rings. The minimum absolute atomic E-state index is 0. The number of hydrogen-bond acceptors (Lipinski definition) is 0. The zero-order valence-electron chi connectivity index (χ0n) is 4.13. The molecular formula is Br2ClLi2Na. The van der Waals surface area contributed by atoms with E-state index in [2.05, 4.69) is 0 Å². The van der Waals surface area contributed by atoms with Crippen LogP contribution in [0.2, 0.25) is 0 Å². The minimum Gasteiger partial charge on any atom is -1.00 e. The van der Waals surface area contributed by atoms with Gasteiger partial charge in [-0.15, -0.1) is 0 Å². The topological polar surface area (TPSA) is 0 Å². The van der Waals surface area contributed by atoms with Gasteiger partial charge in [-0.3, -0.25) is 0 Å². The van der Waals surface area contributed by atoms with Crippen LogP contribution >= 0.6 is 0 Å². The molecule has 24 valence electrons. The summed E-state index contributed by atoms with van der Waals surface area (Å²) in [7, 11) is 0. The van der Waals surface area contributed by atoms with Crippen LogP contribution in [-0.2, 0) is 0 Å². The van der Waals surface area contributed by atoms with Crippen LogP contribution in [0.5, 0.6) is 0 Å². The molecule has 0 saturated carbocycles. The van der Waals surface area contributed by atoms with Gasteiger partial charge in [0.2, 0.25) is 0 Å². The van der Waals surface area contributed by atoms with Crippen LogP contribution in [0, 0.1) is 0 Å². The third kappa shape index (κ3) is 26.1. The van der Waals surface area contributed by atoms with E-state index in [1.807, 2.05) is 0 Å². The summed E-state index contributed by atoms with van der Waals surface area (Å²) in [5.41, 5.74) is 0. The van der Waals surface area contributed by atoms with Crippen molar-refractivity contribution < 1.29 is 114 Å². The summed E-state index contributed by atoms with van der Waals surface area (Å²) in [6.45, 7) is 0. The third-order valence-corrected chi connectivity index (χ3v) is 0. The Bertz CT molecular complexity index is 11.5. The molecule has 0 unspecified atom stereocenters. The summed E-state index contributed by atoms with van der Waals surface area (Å²) in [5.74, 6) is 0. The van der Waals surface area contributed by atoms with Crippen molar-refractivity contribution in [2.45, 2.75) is 0 Å². The summed E-state index contributed by atoms with van der Waals surface area (Å²) in [4.78, 5) is 0. The fraction of sp³-hybridized carbons (Fsp3) is 0. The van der Waals surface area contributed by atoms with Crippen molar-refractivity contribution in [1.82, 2.24) is 0 Å². The zero-order valence-corrected chi connectivity index (χ0v) is 10.1. The molecule has 0 rings (SSSR count). The zero-order chi connectivity index (χ0) is 0. The Labute approximate surface area is 112 Å². The predicted octanol–water partition coefficient (Wildman–Crippen LogP) is -18.0. The van der Waals surface area contributed by atoms with Crippen LogP contribution in [0.15, 0.2) is 0 Å². The predicted molar refractivity (Wildman–Crippen MR) is 0 cm³/mol. The molecule has 0 aliphatic rings. The fourth-order valence-electron chi connectivity index (χ4n) is 0. The Morgan fingerprint density at radius 3 is 0.667 bits per heavy atom. The van der Waals surface area contributed by atoms with Crippen LogP contribution in [-0.4, -0.2) is 0 Å². The Kier molecular flexibility index (Phi) is 373. The van der Waals surface area contributed by atoms with Crippen molar-refractivity contribution in [3.8, 4) is 0 Å². The summed E-state index contributed by atoms with van der Waals surface area (Å²) < 4.78 is 0. The summed E-state index contributed by atoms with van der Waals surface area (Å²) >= 11 is 0. The fourth-order valence-corrected chi connectivity index (χ4v) is 0. The van der Waals surface area contributed by atoms with Gasteiger partial charge in [-0.2, -0.15) is 0 Å². The minimum atomic E-state index is 0. The smallest absolute Gasteiger partial charge is 1.00 e. The Hall–Kier alpha value is 3.44. The normalized spacial score (nSPS) is 0. The van der Waals surface area contributed by atoms with Crippen LogP contribution in [0.3, 0.4) is 0 Å². The van der Waals surface area contributed by atoms with Crippen molar-refractivity contribution in [3.63, 3.8) is 0 Å². The van der Waals surface area contributed by atoms with Crippen molar-refractivity contribution >= 4 is 0 Å². The molecule has 6 heavy (non-hydrogen) atoms. The van der Waals surface area contributed by atoms with E-state index >= 15 is 0 Å². The molecule has 0 heterocycles. The first-order chi connectivity index (χ1) is 0. The van der Waals surface area contributed by atoms with Crippen molar-refractivity contribution in [1.29, 1.82) is 0 Å². The second-order valence-electron chi connectivity index (χ2n) is 0. The summed E-state index contributed by atoms with van der Waals surface area (Å²) in [5, 5.41) is 0. The average Bonchev–Trinajstić information content (AvgIpc) is 0. The molecule has 0 aromatic carbocycles. The van der Waals surface area contributed by atoms with E-state index in [9.17, 15) is 0 Å². The van der Waals surface area contributed by atoms with E-state index < -0.39 is 0 Å². The first-order valence-electron chi connectivity index (χ1n) is 0. The SMILES string of the molecule is [Br-].[Br-].[Cl-].[Li+].[Li+].[Na+]. The van der Waals surface area contributed by atoms with E-state index in [-0.39, 0.29) is 114 Å². The maximum Gasteiger partial charge on any atom is 1.00 e. The number of halogens is 3. The molecular weight excluding hydrogens is 232 g/mol. The second kappa shape index (κ2) is 39.4. The number of hydrogen-bond donors (Lipinski definition) is 0. The first-order valence-corrected chi connectivity index (χ1v) is 0. The van der Waals surface area contributed by atoms with Crippen LogP contribution in [0.1, 0.15) is 0 Å². The number of rotatable bonds is 0. The van der Waals surface area contributed by atoms with Gasteiger partial charge in [0.15, 0.2) is 0 Å². The monoisotopic (exact) mass is 230 g/mol. The van der Waals surface area contributed by atoms with Crippen LogP contribution in [0.4, 0.5) is 0 Å². The molecule has 0 aliphatic carbocycles. The Morgan fingerprint density at radius 1 is 0.667 bits per heavy atom. The van der Waals surface area contributed by atoms with Gasteiger partial charge in [-0.05, 0) is 0 Å². The quantitative estimate of drug-likeness (QED) is 0.364. The molecule has 0 atom stereocenters. The molecule has 0 saturated heterocycles. The van der Waals surface area contributed by atoms with Gasteiger partial charge in [0.1, 0.15) is 0 Å². The van der Waals surface area contributed by atoms with Gasteiger partial charge in [0, 0.05) is 0 Å². The van der Waals surface area contributed by atoms with Gasteiger partial charge < -0.3 is 46.4 Å². The molecule has 0 radical (unpaired) electrons. The average molecular weight is 232 g/mol. The Morgan fingerprint density at radius 2 is 0.667 bits per heavy atom. The van der Waals surface area contributed by atoms with E-state index in [1.165, 1.54) is 0 Å². The maximum absolute atomic E-state index is 0. The van der Waals surface area contributed by atoms with E-state index in [0.717, 1.165) is 0 Å². The van der Waals surface area contributed by atoms with Crippen molar-refractivity contribution in [3.05, 3.63) is 0 Å². The largest absolute Gasteiger partial charge is 1.00 e. The molecule has 0 bridgehead atoms. The van der Waals surface area contributed by atoms with E-state index in [0.29, 0.717) is 0 Å². The standard InChI is InChI=1S/2BrH.ClH.2Li.Na/h3*1H;;;/q;;;3*+1/p-3. The first kappa shape index (κ1) is 56.8. The van der Waals surface area contributed by atoms with Gasteiger partial charge in [0.25, 0.3) is 0 Å². The molecule has 0 nitrogen and oxygen atoms in total. The second-order valence-corrected chi connectivity index (χ2v) is 0. The third-order valence-electron chi connectivity index (χ3n) is 0. The van der Waals surface area contributed by atoms with E-state index in [4.69, 9.17) is 0 Å². The summed E-state index contributed by atoms with van der Waals surface area (Å²) in [6.07, 6.45) is 0. The van der Waals surface area contributed by atoms with E-state index in [1.54, 1.807) is 0 Å². The van der Waals surface area contributed by atoms with Gasteiger partial charge in [-0.1, -0.05) is 0 Å². The molecule has 0 spiro atoms. The van der Waals surface area contributed by atoms with Gasteiger partial charge in [-0.25, -0.2) is 0 Å².